The fourth-order valence-electron chi connectivity index (χ4n) is 2.29. The predicted molar refractivity (Wildman–Crippen MR) is 68.5 cm³/mol. The van der Waals surface area contributed by atoms with Gasteiger partial charge >= 0.3 is 0 Å². The van der Waals surface area contributed by atoms with E-state index in [4.69, 9.17) is 11.6 Å². The number of rotatable bonds is 1. The summed E-state index contributed by atoms with van der Waals surface area (Å²) in [5.41, 5.74) is 4.01. The molecule has 0 aliphatic heterocycles. The number of H-pyrrole nitrogens is 1. The SMILES string of the molecule is O=C1CCCc2[nH]c(-c3ccc(Cl)cc3)cc21. The number of benzene rings is 1. The number of hydrogen-bond donors (Lipinski definition) is 1. The first-order valence-corrected chi connectivity index (χ1v) is 6.13. The molecule has 86 valence electrons. The van der Waals surface area contributed by atoms with Crippen LogP contribution in [0, 0.1) is 0 Å². The Hall–Kier alpha value is -1.54. The summed E-state index contributed by atoms with van der Waals surface area (Å²) in [6.07, 6.45) is 2.59. The number of ketones is 1. The van der Waals surface area contributed by atoms with Crippen molar-refractivity contribution in [3.63, 3.8) is 0 Å². The number of aromatic amines is 1. The summed E-state index contributed by atoms with van der Waals surface area (Å²) in [6.45, 7) is 0. The van der Waals surface area contributed by atoms with Gasteiger partial charge in [-0.05, 0) is 36.6 Å². The third-order valence-corrected chi connectivity index (χ3v) is 3.44. The van der Waals surface area contributed by atoms with E-state index in [1.807, 2.05) is 30.3 Å². The number of nitrogens with one attached hydrogen (secondary N) is 1. The van der Waals surface area contributed by atoms with Gasteiger partial charge in [0.2, 0.25) is 0 Å². The van der Waals surface area contributed by atoms with Gasteiger partial charge in [0.15, 0.2) is 5.78 Å². The number of carbonyl (C=O) groups is 1. The van der Waals surface area contributed by atoms with Crippen molar-refractivity contribution in [2.24, 2.45) is 0 Å². The first-order valence-electron chi connectivity index (χ1n) is 5.75. The average molecular weight is 246 g/mol. The molecule has 0 amide bonds. The highest BCUT2D eigenvalue weighted by molar-refractivity contribution is 6.30. The molecule has 0 unspecified atom stereocenters. The van der Waals surface area contributed by atoms with Crippen molar-refractivity contribution in [2.45, 2.75) is 19.3 Å². The second-order valence-electron chi connectivity index (χ2n) is 4.36. The number of aryl methyl sites for hydroxylation is 1. The Morgan fingerprint density at radius 1 is 1.12 bits per heavy atom. The molecule has 1 aliphatic rings. The van der Waals surface area contributed by atoms with E-state index < -0.39 is 0 Å². The summed E-state index contributed by atoms with van der Waals surface area (Å²) in [7, 11) is 0. The maximum Gasteiger partial charge on any atom is 0.164 e. The summed E-state index contributed by atoms with van der Waals surface area (Å²) >= 11 is 5.86. The molecule has 1 aromatic carbocycles. The summed E-state index contributed by atoms with van der Waals surface area (Å²) in [5, 5.41) is 0.723. The Balaban J connectivity index is 2.05. The van der Waals surface area contributed by atoms with Crippen LogP contribution in [0.5, 0.6) is 0 Å². The second-order valence-corrected chi connectivity index (χ2v) is 4.80. The van der Waals surface area contributed by atoms with Gasteiger partial charge in [0, 0.05) is 28.4 Å². The molecule has 17 heavy (non-hydrogen) atoms. The van der Waals surface area contributed by atoms with E-state index >= 15 is 0 Å². The van der Waals surface area contributed by atoms with Crippen LogP contribution in [-0.2, 0) is 6.42 Å². The molecule has 1 aromatic heterocycles. The van der Waals surface area contributed by atoms with Crippen LogP contribution in [0.3, 0.4) is 0 Å². The Morgan fingerprint density at radius 3 is 2.59 bits per heavy atom. The number of carbonyl (C=O) groups excluding carboxylic acids is 1. The normalized spacial score (nSPS) is 14.8. The number of halogens is 1. The van der Waals surface area contributed by atoms with Crippen LogP contribution < -0.4 is 0 Å². The van der Waals surface area contributed by atoms with E-state index in [1.165, 1.54) is 0 Å². The van der Waals surface area contributed by atoms with Gasteiger partial charge in [-0.1, -0.05) is 23.7 Å². The lowest BCUT2D eigenvalue weighted by Gasteiger charge is -2.08. The van der Waals surface area contributed by atoms with Gasteiger partial charge in [0.1, 0.15) is 0 Å². The van der Waals surface area contributed by atoms with Gasteiger partial charge in [-0.2, -0.15) is 0 Å². The van der Waals surface area contributed by atoms with Crippen LogP contribution in [0.25, 0.3) is 11.3 Å². The zero-order valence-corrected chi connectivity index (χ0v) is 10.1. The van der Waals surface area contributed by atoms with Crippen LogP contribution in [0.2, 0.25) is 5.02 Å². The van der Waals surface area contributed by atoms with Crippen molar-refractivity contribution in [3.8, 4) is 11.3 Å². The molecule has 0 saturated carbocycles. The van der Waals surface area contributed by atoms with Crippen LogP contribution in [0.1, 0.15) is 28.9 Å². The number of hydrogen-bond acceptors (Lipinski definition) is 1. The molecule has 2 nitrogen and oxygen atoms in total. The average Bonchev–Trinajstić information content (AvgIpc) is 2.75. The lowest BCUT2D eigenvalue weighted by molar-refractivity contribution is 0.0972. The third-order valence-electron chi connectivity index (χ3n) is 3.19. The molecule has 0 atom stereocenters. The lowest BCUT2D eigenvalue weighted by atomic mass is 9.97. The topological polar surface area (TPSA) is 32.9 Å². The fourth-order valence-corrected chi connectivity index (χ4v) is 2.41. The quantitative estimate of drug-likeness (QED) is 0.813. The molecule has 1 heterocycles. The summed E-state index contributed by atoms with van der Waals surface area (Å²) < 4.78 is 0. The van der Waals surface area contributed by atoms with E-state index in [2.05, 4.69) is 4.98 Å². The van der Waals surface area contributed by atoms with Crippen LogP contribution >= 0.6 is 11.6 Å². The molecule has 3 heteroatoms. The molecule has 0 fully saturated rings. The van der Waals surface area contributed by atoms with Gasteiger partial charge in [0.25, 0.3) is 0 Å². The minimum atomic E-state index is 0.253. The highest BCUT2D eigenvalue weighted by atomic mass is 35.5. The molecule has 3 rings (SSSR count). The zero-order chi connectivity index (χ0) is 11.8. The first-order chi connectivity index (χ1) is 8.24. The van der Waals surface area contributed by atoms with Crippen molar-refractivity contribution in [3.05, 3.63) is 46.6 Å². The minimum Gasteiger partial charge on any atom is -0.358 e. The van der Waals surface area contributed by atoms with Gasteiger partial charge in [-0.25, -0.2) is 0 Å². The monoisotopic (exact) mass is 245 g/mol. The van der Waals surface area contributed by atoms with E-state index in [9.17, 15) is 4.79 Å². The Bertz CT molecular complexity index is 568. The highest BCUT2D eigenvalue weighted by Crippen LogP contribution is 2.27. The summed E-state index contributed by atoms with van der Waals surface area (Å²) in [5.74, 6) is 0.253. The fraction of sp³-hybridized carbons (Fsp3) is 0.214. The molecule has 0 saturated heterocycles. The zero-order valence-electron chi connectivity index (χ0n) is 9.29. The van der Waals surface area contributed by atoms with Gasteiger partial charge in [-0.3, -0.25) is 4.79 Å². The summed E-state index contributed by atoms with van der Waals surface area (Å²) in [4.78, 5) is 15.1. The molecule has 0 bridgehead atoms. The molecular formula is C14H12ClNO. The van der Waals surface area contributed by atoms with E-state index in [-0.39, 0.29) is 5.78 Å². The molecule has 1 aliphatic carbocycles. The van der Waals surface area contributed by atoms with Crippen molar-refractivity contribution in [2.75, 3.05) is 0 Å². The van der Waals surface area contributed by atoms with Gasteiger partial charge in [-0.15, -0.1) is 0 Å². The molecule has 2 aromatic rings. The highest BCUT2D eigenvalue weighted by Gasteiger charge is 2.20. The number of fused-ring (bicyclic) bond motifs is 1. The summed E-state index contributed by atoms with van der Waals surface area (Å²) in [6, 6.07) is 9.60. The van der Waals surface area contributed by atoms with E-state index in [1.54, 1.807) is 0 Å². The third kappa shape index (κ3) is 1.89. The minimum absolute atomic E-state index is 0.253. The Kier molecular flexibility index (Phi) is 2.52. The van der Waals surface area contributed by atoms with E-state index in [0.29, 0.717) is 6.42 Å². The standard InChI is InChI=1S/C14H12ClNO/c15-10-6-4-9(5-7-10)13-8-11-12(16-13)2-1-3-14(11)17/h4-8,16H,1-3H2. The Morgan fingerprint density at radius 2 is 1.88 bits per heavy atom. The van der Waals surface area contributed by atoms with Crippen molar-refractivity contribution in [1.82, 2.24) is 4.98 Å². The van der Waals surface area contributed by atoms with Crippen LogP contribution in [0.4, 0.5) is 0 Å². The lowest BCUT2D eigenvalue weighted by Crippen LogP contribution is -2.08. The number of aromatic nitrogens is 1. The molecule has 0 spiro atoms. The molecular weight excluding hydrogens is 234 g/mol. The molecule has 0 radical (unpaired) electrons. The predicted octanol–water partition coefficient (Wildman–Crippen LogP) is 3.85. The largest absolute Gasteiger partial charge is 0.358 e. The Labute approximate surface area is 105 Å². The van der Waals surface area contributed by atoms with Crippen molar-refractivity contribution < 1.29 is 4.79 Å². The number of Topliss-reactive ketones (excluding diaryl/α,β-unsaturated/α-hetero) is 1. The molecule has 1 N–H and O–H groups in total. The van der Waals surface area contributed by atoms with Gasteiger partial charge in [0.05, 0.1) is 0 Å². The van der Waals surface area contributed by atoms with Crippen LogP contribution in [-0.4, -0.2) is 10.8 Å². The maximum absolute atomic E-state index is 11.7. The van der Waals surface area contributed by atoms with Crippen LogP contribution in [0.15, 0.2) is 30.3 Å². The maximum atomic E-state index is 11.7. The van der Waals surface area contributed by atoms with E-state index in [0.717, 1.165) is 40.4 Å². The van der Waals surface area contributed by atoms with Crippen molar-refractivity contribution in [1.29, 1.82) is 0 Å². The van der Waals surface area contributed by atoms with Gasteiger partial charge < -0.3 is 4.98 Å². The first kappa shape index (κ1) is 10.6. The second kappa shape index (κ2) is 4.04. The van der Waals surface area contributed by atoms with Crippen molar-refractivity contribution >= 4 is 17.4 Å². The smallest absolute Gasteiger partial charge is 0.164 e.